The summed E-state index contributed by atoms with van der Waals surface area (Å²) in [6.45, 7) is 9.22. The molecule has 1 unspecified atom stereocenters. The van der Waals surface area contributed by atoms with Crippen LogP contribution in [0.15, 0.2) is 0 Å². The van der Waals surface area contributed by atoms with E-state index in [2.05, 4.69) is 27.7 Å². The van der Waals surface area contributed by atoms with Crippen molar-refractivity contribution in [1.82, 2.24) is 0 Å². The smallest absolute Gasteiger partial charge is 0.306 e. The minimum atomic E-state index is -0.281. The van der Waals surface area contributed by atoms with Gasteiger partial charge < -0.3 is 9.47 Å². The number of hydrogen-bond donors (Lipinski definition) is 0. The van der Waals surface area contributed by atoms with E-state index >= 15 is 0 Å². The Hall–Kier alpha value is -1.06. The Morgan fingerprint density at radius 3 is 1.50 bits per heavy atom. The minimum Gasteiger partial charge on any atom is -0.466 e. The molecule has 0 radical (unpaired) electrons. The number of unbranched alkanes of at least 4 members (excludes halogenated alkanes) is 13. The first-order chi connectivity index (χ1) is 16.6. The third-order valence-electron chi connectivity index (χ3n) is 7.10. The van der Waals surface area contributed by atoms with Crippen molar-refractivity contribution in [1.29, 1.82) is 0 Å². The van der Waals surface area contributed by atoms with Gasteiger partial charge in [0, 0.05) is 0 Å². The summed E-state index contributed by atoms with van der Waals surface area (Å²) in [5.74, 6) is 0.152. The van der Waals surface area contributed by atoms with E-state index in [9.17, 15) is 9.59 Å². The molecule has 0 N–H and O–H groups in total. The van der Waals surface area contributed by atoms with E-state index in [1.807, 2.05) is 0 Å². The number of rotatable bonds is 25. The Morgan fingerprint density at radius 1 is 0.559 bits per heavy atom. The summed E-state index contributed by atoms with van der Waals surface area (Å²) in [7, 11) is 0. The van der Waals surface area contributed by atoms with Crippen LogP contribution in [0.25, 0.3) is 0 Å². The molecule has 4 nitrogen and oxygen atoms in total. The van der Waals surface area contributed by atoms with Gasteiger partial charge in [0.05, 0.1) is 19.4 Å². The topological polar surface area (TPSA) is 52.6 Å². The van der Waals surface area contributed by atoms with Crippen LogP contribution in [0.2, 0.25) is 0 Å². The number of carbonyl (C=O) groups excluding carboxylic acids is 2. The van der Waals surface area contributed by atoms with E-state index in [4.69, 9.17) is 9.47 Å². The summed E-state index contributed by atoms with van der Waals surface area (Å²) in [6, 6.07) is 0. The zero-order valence-corrected chi connectivity index (χ0v) is 23.3. The van der Waals surface area contributed by atoms with Crippen molar-refractivity contribution < 1.29 is 19.1 Å². The lowest BCUT2D eigenvalue weighted by atomic mass is 9.95. The second kappa shape index (κ2) is 25.0. The lowest BCUT2D eigenvalue weighted by Gasteiger charge is -2.19. The highest BCUT2D eigenvalue weighted by molar-refractivity contribution is 5.77. The molecule has 0 aliphatic rings. The van der Waals surface area contributed by atoms with Crippen LogP contribution in [0.3, 0.4) is 0 Å². The maximum Gasteiger partial charge on any atom is 0.306 e. The molecule has 0 aliphatic heterocycles. The van der Waals surface area contributed by atoms with E-state index in [1.54, 1.807) is 0 Å². The third-order valence-corrected chi connectivity index (χ3v) is 7.10. The van der Waals surface area contributed by atoms with Gasteiger partial charge in [0.1, 0.15) is 6.10 Å². The van der Waals surface area contributed by atoms with Crippen LogP contribution in [0.4, 0.5) is 0 Å². The molecule has 0 rings (SSSR count). The van der Waals surface area contributed by atoms with Crippen molar-refractivity contribution >= 4 is 11.9 Å². The average molecular weight is 483 g/mol. The molecule has 0 aromatic heterocycles. The normalized spacial score (nSPS) is 12.1. The Balaban J connectivity index is 3.54. The number of esters is 2. The van der Waals surface area contributed by atoms with Gasteiger partial charge in [-0.25, -0.2) is 0 Å². The van der Waals surface area contributed by atoms with Crippen LogP contribution in [-0.4, -0.2) is 24.6 Å². The van der Waals surface area contributed by atoms with Crippen LogP contribution < -0.4 is 0 Å². The van der Waals surface area contributed by atoms with Crippen LogP contribution in [-0.2, 0) is 19.1 Å². The van der Waals surface area contributed by atoms with Crippen LogP contribution in [0, 0.1) is 5.92 Å². The molecule has 0 aliphatic carbocycles. The Labute approximate surface area is 212 Å². The van der Waals surface area contributed by atoms with Crippen LogP contribution in [0.5, 0.6) is 0 Å². The molecule has 0 saturated carbocycles. The van der Waals surface area contributed by atoms with Gasteiger partial charge in [0.25, 0.3) is 0 Å². The van der Waals surface area contributed by atoms with Gasteiger partial charge in [-0.1, -0.05) is 124 Å². The van der Waals surface area contributed by atoms with Crippen LogP contribution in [0.1, 0.15) is 163 Å². The fourth-order valence-electron chi connectivity index (χ4n) is 4.47. The summed E-state index contributed by atoms with van der Waals surface area (Å²) in [5.41, 5.74) is 0. The molecule has 0 aromatic rings. The lowest BCUT2D eigenvalue weighted by molar-refractivity contribution is -0.154. The zero-order chi connectivity index (χ0) is 25.3. The Kier molecular flexibility index (Phi) is 24.3. The monoisotopic (exact) mass is 482 g/mol. The summed E-state index contributed by atoms with van der Waals surface area (Å²) in [5, 5.41) is 0. The van der Waals surface area contributed by atoms with E-state index in [0.29, 0.717) is 12.5 Å². The van der Waals surface area contributed by atoms with Crippen molar-refractivity contribution in [3.8, 4) is 0 Å². The quantitative estimate of drug-likeness (QED) is 0.0960. The molecular formula is C30H58O4. The van der Waals surface area contributed by atoms with Crippen molar-refractivity contribution in [2.24, 2.45) is 5.92 Å². The second-order valence-electron chi connectivity index (χ2n) is 10.1. The fourth-order valence-corrected chi connectivity index (χ4v) is 4.47. The predicted molar refractivity (Wildman–Crippen MR) is 144 cm³/mol. The minimum absolute atomic E-state index is 0.0281. The summed E-state index contributed by atoms with van der Waals surface area (Å²) >= 11 is 0. The van der Waals surface area contributed by atoms with Crippen molar-refractivity contribution in [2.45, 2.75) is 169 Å². The maximum atomic E-state index is 12.1. The standard InChI is InChI=1S/C30H58O4/c1-5-9-10-11-12-13-14-15-16-17-18-19-20-21-26-33-29(31)24-25-30(32)34-28(8-4)23-22-27(6-2)7-3/h27-28H,5-26H2,1-4H3. The number of carbonyl (C=O) groups is 2. The summed E-state index contributed by atoms with van der Waals surface area (Å²) < 4.78 is 10.9. The summed E-state index contributed by atoms with van der Waals surface area (Å²) in [6.07, 6.45) is 23.8. The van der Waals surface area contributed by atoms with Crippen molar-refractivity contribution in [3.05, 3.63) is 0 Å². The molecular weight excluding hydrogens is 424 g/mol. The SMILES string of the molecule is CCCCCCCCCCCCCCCCOC(=O)CCC(=O)OC(CC)CCC(CC)CC. The van der Waals surface area contributed by atoms with Gasteiger partial charge in [-0.15, -0.1) is 0 Å². The van der Waals surface area contributed by atoms with Gasteiger partial charge in [-0.2, -0.15) is 0 Å². The number of ether oxygens (including phenoxy) is 2. The largest absolute Gasteiger partial charge is 0.466 e. The molecule has 4 heteroatoms. The highest BCUT2D eigenvalue weighted by Crippen LogP contribution is 2.19. The molecule has 0 amide bonds. The predicted octanol–water partition coefficient (Wildman–Crippen LogP) is 9.33. The first-order valence-corrected chi connectivity index (χ1v) is 14.9. The number of hydrogen-bond acceptors (Lipinski definition) is 4. The average Bonchev–Trinajstić information content (AvgIpc) is 2.84. The Bertz CT molecular complexity index is 459. The molecule has 0 bridgehead atoms. The second-order valence-corrected chi connectivity index (χ2v) is 10.1. The van der Waals surface area contributed by atoms with Crippen molar-refractivity contribution in [3.63, 3.8) is 0 Å². The molecule has 0 heterocycles. The zero-order valence-electron chi connectivity index (χ0n) is 23.3. The summed E-state index contributed by atoms with van der Waals surface area (Å²) in [4.78, 5) is 24.0. The van der Waals surface area contributed by atoms with Gasteiger partial charge >= 0.3 is 11.9 Å². The fraction of sp³-hybridized carbons (Fsp3) is 0.933. The molecule has 202 valence electrons. The lowest BCUT2D eigenvalue weighted by Crippen LogP contribution is -2.19. The molecule has 34 heavy (non-hydrogen) atoms. The van der Waals surface area contributed by atoms with Gasteiger partial charge in [-0.05, 0) is 31.6 Å². The molecule has 0 fully saturated rings. The van der Waals surface area contributed by atoms with Gasteiger partial charge in [-0.3, -0.25) is 9.59 Å². The van der Waals surface area contributed by atoms with Gasteiger partial charge in [0.2, 0.25) is 0 Å². The molecule has 0 saturated heterocycles. The third kappa shape index (κ3) is 21.5. The highest BCUT2D eigenvalue weighted by atomic mass is 16.5. The first-order valence-electron chi connectivity index (χ1n) is 14.9. The molecule has 0 aromatic carbocycles. The maximum absolute atomic E-state index is 12.1. The molecule has 0 spiro atoms. The van der Waals surface area contributed by atoms with Gasteiger partial charge in [0.15, 0.2) is 0 Å². The first kappa shape index (κ1) is 32.9. The van der Waals surface area contributed by atoms with Crippen LogP contribution >= 0.6 is 0 Å². The van der Waals surface area contributed by atoms with Crippen molar-refractivity contribution in [2.75, 3.05) is 6.61 Å². The van der Waals surface area contributed by atoms with E-state index < -0.39 is 0 Å². The van der Waals surface area contributed by atoms with E-state index in [1.165, 1.54) is 89.9 Å². The van der Waals surface area contributed by atoms with E-state index in [-0.39, 0.29) is 30.9 Å². The highest BCUT2D eigenvalue weighted by Gasteiger charge is 2.16. The van der Waals surface area contributed by atoms with E-state index in [0.717, 1.165) is 32.1 Å². The molecule has 1 atom stereocenters. The Morgan fingerprint density at radius 2 is 1.03 bits per heavy atom.